The van der Waals surface area contributed by atoms with Crippen LogP contribution in [0.25, 0.3) is 0 Å². The molecule has 0 aliphatic carbocycles. The Morgan fingerprint density at radius 3 is 2.19 bits per heavy atom. The fourth-order valence-corrected chi connectivity index (χ4v) is 1.79. The van der Waals surface area contributed by atoms with Gasteiger partial charge in [0.2, 0.25) is 0 Å². The Hall–Kier alpha value is -0.880. The summed E-state index contributed by atoms with van der Waals surface area (Å²) in [7, 11) is 0. The first-order valence-corrected chi connectivity index (χ1v) is 5.95. The molecule has 1 N–H and O–H groups in total. The van der Waals surface area contributed by atoms with E-state index in [0.717, 1.165) is 0 Å². The SMILES string of the molecule is CCOC(=O)c1cc(Br)c(Br)cc1C(=O)O. The van der Waals surface area contributed by atoms with Crippen molar-refractivity contribution in [2.24, 2.45) is 0 Å². The molecule has 0 aliphatic heterocycles. The number of esters is 1. The van der Waals surface area contributed by atoms with Crippen molar-refractivity contribution >= 4 is 43.8 Å². The molecular weight excluding hydrogens is 344 g/mol. The van der Waals surface area contributed by atoms with E-state index in [-0.39, 0.29) is 17.7 Å². The number of carbonyl (C=O) groups is 2. The third-order valence-corrected chi connectivity index (χ3v) is 3.63. The minimum Gasteiger partial charge on any atom is -0.478 e. The summed E-state index contributed by atoms with van der Waals surface area (Å²) in [6.07, 6.45) is 0. The van der Waals surface area contributed by atoms with Gasteiger partial charge in [-0.05, 0) is 50.9 Å². The molecule has 86 valence electrons. The van der Waals surface area contributed by atoms with Gasteiger partial charge in [-0.1, -0.05) is 0 Å². The molecule has 0 saturated carbocycles. The molecule has 0 aromatic heterocycles. The third kappa shape index (κ3) is 2.82. The Morgan fingerprint density at radius 1 is 1.25 bits per heavy atom. The number of carbonyl (C=O) groups excluding carboxylic acids is 1. The van der Waals surface area contributed by atoms with Crippen LogP contribution in [-0.2, 0) is 4.74 Å². The lowest BCUT2D eigenvalue weighted by atomic mass is 10.1. The molecule has 1 rings (SSSR count). The van der Waals surface area contributed by atoms with Crippen LogP contribution in [0.2, 0.25) is 0 Å². The fraction of sp³-hybridized carbons (Fsp3) is 0.200. The van der Waals surface area contributed by atoms with Gasteiger partial charge in [-0.2, -0.15) is 0 Å². The predicted octanol–water partition coefficient (Wildman–Crippen LogP) is 3.09. The number of carboxylic acid groups (broad SMARTS) is 1. The molecule has 4 nitrogen and oxygen atoms in total. The Kier molecular flexibility index (Phi) is 4.49. The highest BCUT2D eigenvalue weighted by Gasteiger charge is 2.19. The van der Waals surface area contributed by atoms with E-state index in [9.17, 15) is 9.59 Å². The largest absolute Gasteiger partial charge is 0.478 e. The van der Waals surface area contributed by atoms with Crippen LogP contribution in [0.5, 0.6) is 0 Å². The zero-order chi connectivity index (χ0) is 12.3. The molecule has 0 radical (unpaired) electrons. The second-order valence-electron chi connectivity index (χ2n) is 2.84. The summed E-state index contributed by atoms with van der Waals surface area (Å²) >= 11 is 6.38. The smallest absolute Gasteiger partial charge is 0.339 e. The molecule has 1 aromatic rings. The monoisotopic (exact) mass is 350 g/mol. The molecule has 0 unspecified atom stereocenters. The van der Waals surface area contributed by atoms with Crippen molar-refractivity contribution in [2.45, 2.75) is 6.92 Å². The number of halogens is 2. The van der Waals surface area contributed by atoms with E-state index in [4.69, 9.17) is 9.84 Å². The van der Waals surface area contributed by atoms with Gasteiger partial charge >= 0.3 is 11.9 Å². The van der Waals surface area contributed by atoms with Crippen LogP contribution in [0.1, 0.15) is 27.6 Å². The number of aromatic carboxylic acids is 1. The summed E-state index contributed by atoms with van der Waals surface area (Å²) in [5.41, 5.74) is -0.0575. The number of hydrogen-bond acceptors (Lipinski definition) is 3. The maximum absolute atomic E-state index is 11.5. The highest BCUT2D eigenvalue weighted by molar-refractivity contribution is 9.13. The summed E-state index contributed by atoms with van der Waals surface area (Å²) in [6.45, 7) is 1.86. The molecule has 0 atom stereocenters. The zero-order valence-electron chi connectivity index (χ0n) is 8.29. The lowest BCUT2D eigenvalue weighted by Crippen LogP contribution is -2.11. The number of hydrogen-bond donors (Lipinski definition) is 1. The van der Waals surface area contributed by atoms with Crippen LogP contribution in [0, 0.1) is 0 Å². The highest BCUT2D eigenvalue weighted by atomic mass is 79.9. The van der Waals surface area contributed by atoms with E-state index in [0.29, 0.717) is 8.95 Å². The van der Waals surface area contributed by atoms with Crippen LogP contribution in [0.3, 0.4) is 0 Å². The van der Waals surface area contributed by atoms with Crippen LogP contribution in [0.15, 0.2) is 21.1 Å². The second-order valence-corrected chi connectivity index (χ2v) is 4.55. The first-order valence-electron chi connectivity index (χ1n) is 4.36. The Labute approximate surface area is 109 Å². The van der Waals surface area contributed by atoms with Crippen LogP contribution in [0.4, 0.5) is 0 Å². The molecule has 1 aromatic carbocycles. The molecule has 0 saturated heterocycles. The minimum atomic E-state index is -1.17. The van der Waals surface area contributed by atoms with Crippen molar-refractivity contribution < 1.29 is 19.4 Å². The van der Waals surface area contributed by atoms with E-state index < -0.39 is 11.9 Å². The van der Waals surface area contributed by atoms with Crippen molar-refractivity contribution in [1.29, 1.82) is 0 Å². The van der Waals surface area contributed by atoms with Crippen LogP contribution in [-0.4, -0.2) is 23.7 Å². The maximum Gasteiger partial charge on any atom is 0.339 e. The van der Waals surface area contributed by atoms with Gasteiger partial charge in [0.1, 0.15) is 0 Å². The molecule has 0 fully saturated rings. The fourth-order valence-electron chi connectivity index (χ4n) is 1.10. The lowest BCUT2D eigenvalue weighted by molar-refractivity contribution is 0.0514. The zero-order valence-corrected chi connectivity index (χ0v) is 11.5. The normalized spacial score (nSPS) is 9.94. The van der Waals surface area contributed by atoms with Gasteiger partial charge in [-0.15, -0.1) is 0 Å². The highest BCUT2D eigenvalue weighted by Crippen LogP contribution is 2.27. The lowest BCUT2D eigenvalue weighted by Gasteiger charge is -2.07. The van der Waals surface area contributed by atoms with E-state index in [2.05, 4.69) is 31.9 Å². The number of carboxylic acids is 1. The van der Waals surface area contributed by atoms with E-state index in [1.54, 1.807) is 6.92 Å². The molecule has 6 heteroatoms. The van der Waals surface area contributed by atoms with Crippen LogP contribution >= 0.6 is 31.9 Å². The summed E-state index contributed by atoms with van der Waals surface area (Å²) < 4.78 is 5.94. The third-order valence-electron chi connectivity index (χ3n) is 1.79. The van der Waals surface area contributed by atoms with Gasteiger partial charge in [0, 0.05) is 8.95 Å². The van der Waals surface area contributed by atoms with Crippen molar-refractivity contribution in [3.63, 3.8) is 0 Å². The van der Waals surface area contributed by atoms with Gasteiger partial charge in [-0.25, -0.2) is 9.59 Å². The van der Waals surface area contributed by atoms with Crippen molar-refractivity contribution in [3.8, 4) is 0 Å². The first kappa shape index (κ1) is 13.2. The molecule has 16 heavy (non-hydrogen) atoms. The van der Waals surface area contributed by atoms with Gasteiger partial charge in [0.25, 0.3) is 0 Å². The average Bonchev–Trinajstić information content (AvgIpc) is 2.21. The Morgan fingerprint density at radius 2 is 1.75 bits per heavy atom. The van der Waals surface area contributed by atoms with Gasteiger partial charge in [0.05, 0.1) is 17.7 Å². The topological polar surface area (TPSA) is 63.6 Å². The molecule has 0 bridgehead atoms. The van der Waals surface area contributed by atoms with Gasteiger partial charge in [-0.3, -0.25) is 0 Å². The minimum absolute atomic E-state index is 0.0319. The Balaban J connectivity index is 3.30. The van der Waals surface area contributed by atoms with E-state index in [1.165, 1.54) is 12.1 Å². The summed E-state index contributed by atoms with van der Waals surface area (Å²) in [6, 6.07) is 2.78. The maximum atomic E-state index is 11.5. The summed E-state index contributed by atoms with van der Waals surface area (Å²) in [4.78, 5) is 22.5. The number of rotatable bonds is 3. The van der Waals surface area contributed by atoms with Crippen molar-refractivity contribution in [3.05, 3.63) is 32.2 Å². The molecular formula is C10H8Br2O4. The van der Waals surface area contributed by atoms with Crippen molar-refractivity contribution in [2.75, 3.05) is 6.61 Å². The van der Waals surface area contributed by atoms with Gasteiger partial charge in [0.15, 0.2) is 0 Å². The second kappa shape index (κ2) is 5.45. The summed E-state index contributed by atoms with van der Waals surface area (Å²) in [5, 5.41) is 8.95. The van der Waals surface area contributed by atoms with E-state index in [1.807, 2.05) is 0 Å². The van der Waals surface area contributed by atoms with E-state index >= 15 is 0 Å². The quantitative estimate of drug-likeness (QED) is 0.850. The number of benzene rings is 1. The van der Waals surface area contributed by atoms with Crippen LogP contribution < -0.4 is 0 Å². The molecule has 0 heterocycles. The number of ether oxygens (including phenoxy) is 1. The summed E-state index contributed by atoms with van der Waals surface area (Å²) in [5.74, 6) is -1.82. The molecule has 0 spiro atoms. The van der Waals surface area contributed by atoms with Gasteiger partial charge < -0.3 is 9.84 Å². The first-order chi connectivity index (χ1) is 7.47. The molecule has 0 amide bonds. The average molecular weight is 352 g/mol. The molecule has 0 aliphatic rings. The predicted molar refractivity (Wildman–Crippen MR) is 64.8 cm³/mol. The Bertz CT molecular complexity index is 443. The standard InChI is InChI=1S/C10H8Br2O4/c1-2-16-10(15)6-4-8(12)7(11)3-5(6)9(13)14/h3-4H,2H2,1H3,(H,13,14). The van der Waals surface area contributed by atoms with Crippen molar-refractivity contribution in [1.82, 2.24) is 0 Å².